The number of carboxylic acid groups (broad SMARTS) is 1. The van der Waals surface area contributed by atoms with Gasteiger partial charge in [0, 0.05) is 6.04 Å². The van der Waals surface area contributed by atoms with Crippen LogP contribution in [0, 0.1) is 5.41 Å². The van der Waals surface area contributed by atoms with Gasteiger partial charge < -0.3 is 9.52 Å². The summed E-state index contributed by atoms with van der Waals surface area (Å²) in [5.41, 5.74) is 0.127. The minimum atomic E-state index is -5.08. The lowest BCUT2D eigenvalue weighted by atomic mass is 9.59. The van der Waals surface area contributed by atoms with Gasteiger partial charge in [0.15, 0.2) is 0 Å². The first-order valence-electron chi connectivity index (χ1n) is 10.1. The molecule has 2 heterocycles. The van der Waals surface area contributed by atoms with Crippen LogP contribution in [0.1, 0.15) is 31.4 Å². The number of likely N-dealkylation sites (tertiary alicyclic amines) is 1. The van der Waals surface area contributed by atoms with Crippen molar-refractivity contribution in [1.82, 2.24) is 9.62 Å². The molecule has 1 aromatic heterocycles. The quantitative estimate of drug-likeness (QED) is 0.687. The van der Waals surface area contributed by atoms with Gasteiger partial charge in [0.2, 0.25) is 10.0 Å². The molecule has 1 aromatic carbocycles. The van der Waals surface area contributed by atoms with Crippen LogP contribution in [0.15, 0.2) is 58.0 Å². The van der Waals surface area contributed by atoms with Gasteiger partial charge in [0.25, 0.3) is 0 Å². The van der Waals surface area contributed by atoms with Crippen LogP contribution in [0.3, 0.4) is 0 Å². The molecule has 7 nitrogen and oxygen atoms in total. The summed E-state index contributed by atoms with van der Waals surface area (Å²) in [5, 5.41) is 7.12. The third kappa shape index (κ3) is 5.90. The van der Waals surface area contributed by atoms with Gasteiger partial charge in [-0.2, -0.15) is 13.2 Å². The lowest BCUT2D eigenvalue weighted by molar-refractivity contribution is -0.192. The van der Waals surface area contributed by atoms with Crippen molar-refractivity contribution in [3.8, 4) is 0 Å². The van der Waals surface area contributed by atoms with Crippen LogP contribution in [0.5, 0.6) is 0 Å². The van der Waals surface area contributed by atoms with E-state index in [9.17, 15) is 21.6 Å². The molecule has 4 rings (SSSR count). The molecular formula is C21H25F3N2O5S. The number of carboxylic acids is 1. The first-order chi connectivity index (χ1) is 15.0. The second-order valence-corrected chi connectivity index (χ2v) is 9.76. The molecule has 2 N–H and O–H groups in total. The maximum Gasteiger partial charge on any atom is 0.490 e. The van der Waals surface area contributed by atoms with Gasteiger partial charge in [-0.05, 0) is 68.5 Å². The van der Waals surface area contributed by atoms with Crippen molar-refractivity contribution >= 4 is 16.0 Å². The summed E-state index contributed by atoms with van der Waals surface area (Å²) in [6.07, 6.45) is 0.750. The molecule has 11 heteroatoms. The highest BCUT2D eigenvalue weighted by Crippen LogP contribution is 2.49. The van der Waals surface area contributed by atoms with E-state index >= 15 is 0 Å². The summed E-state index contributed by atoms with van der Waals surface area (Å²) in [6, 6.07) is 12.6. The van der Waals surface area contributed by atoms with E-state index in [1.54, 1.807) is 30.5 Å². The third-order valence-electron chi connectivity index (χ3n) is 6.07. The Morgan fingerprint density at radius 2 is 1.75 bits per heavy atom. The molecule has 1 atom stereocenters. The predicted octanol–water partition coefficient (Wildman–Crippen LogP) is 3.64. The minimum absolute atomic E-state index is 0.0588. The second-order valence-electron chi connectivity index (χ2n) is 8.05. The summed E-state index contributed by atoms with van der Waals surface area (Å²) in [4.78, 5) is 11.6. The van der Waals surface area contributed by atoms with Crippen LogP contribution in [0.25, 0.3) is 0 Å². The molecule has 32 heavy (non-hydrogen) atoms. The number of hydrogen-bond donors (Lipinski definition) is 2. The summed E-state index contributed by atoms with van der Waals surface area (Å²) < 4.78 is 65.3. The molecular weight excluding hydrogens is 449 g/mol. The number of aliphatic carboxylic acids is 1. The third-order valence-corrected chi connectivity index (χ3v) is 7.56. The molecule has 0 amide bonds. The first-order valence-corrected chi connectivity index (χ1v) is 11.6. The highest BCUT2D eigenvalue weighted by atomic mass is 32.2. The maximum atomic E-state index is 12.6. The van der Waals surface area contributed by atoms with Gasteiger partial charge >= 0.3 is 12.1 Å². The lowest BCUT2D eigenvalue weighted by Crippen LogP contribution is -2.58. The largest absolute Gasteiger partial charge is 0.490 e. The Bertz CT molecular complexity index is 986. The number of carbonyl (C=O) groups is 1. The SMILES string of the molecule is O=C(O)C(F)(F)F.O=S(=O)(NC1CCC12CCN(Cc1ccco1)CC2)c1ccccc1. The van der Waals surface area contributed by atoms with E-state index in [0.29, 0.717) is 4.90 Å². The molecule has 2 fully saturated rings. The molecule has 0 radical (unpaired) electrons. The molecule has 1 unspecified atom stereocenters. The van der Waals surface area contributed by atoms with Gasteiger partial charge in [0.1, 0.15) is 5.76 Å². The molecule has 2 aromatic rings. The number of nitrogens with one attached hydrogen (secondary N) is 1. The highest BCUT2D eigenvalue weighted by Gasteiger charge is 2.49. The number of benzene rings is 1. The normalized spacial score (nSPS) is 20.8. The average molecular weight is 475 g/mol. The van der Waals surface area contributed by atoms with Crippen molar-refractivity contribution in [3.05, 3.63) is 54.5 Å². The van der Waals surface area contributed by atoms with Crippen molar-refractivity contribution in [2.24, 2.45) is 5.41 Å². The number of furan rings is 1. The number of piperidine rings is 1. The van der Waals surface area contributed by atoms with Crippen LogP contribution in [-0.4, -0.2) is 49.7 Å². The molecule has 176 valence electrons. The van der Waals surface area contributed by atoms with E-state index in [1.165, 1.54) is 0 Å². The number of sulfonamides is 1. The Labute approximate surface area is 184 Å². The van der Waals surface area contributed by atoms with Gasteiger partial charge in [-0.25, -0.2) is 17.9 Å². The monoisotopic (exact) mass is 474 g/mol. The fraction of sp³-hybridized carbons (Fsp3) is 0.476. The van der Waals surface area contributed by atoms with Gasteiger partial charge in [-0.15, -0.1) is 0 Å². The Balaban J connectivity index is 0.000000360. The predicted molar refractivity (Wildman–Crippen MR) is 109 cm³/mol. The Morgan fingerprint density at radius 3 is 2.22 bits per heavy atom. The van der Waals surface area contributed by atoms with E-state index in [0.717, 1.165) is 51.1 Å². The van der Waals surface area contributed by atoms with E-state index in [4.69, 9.17) is 14.3 Å². The number of rotatable bonds is 5. The average Bonchev–Trinajstić information content (AvgIpc) is 3.25. The van der Waals surface area contributed by atoms with E-state index in [1.807, 2.05) is 18.2 Å². The Morgan fingerprint density at radius 1 is 1.12 bits per heavy atom. The van der Waals surface area contributed by atoms with Crippen molar-refractivity contribution < 1.29 is 35.9 Å². The molecule has 2 aliphatic rings. The summed E-state index contributed by atoms with van der Waals surface area (Å²) in [6.45, 7) is 2.82. The topological polar surface area (TPSA) is 99.8 Å². The van der Waals surface area contributed by atoms with E-state index < -0.39 is 22.2 Å². The zero-order valence-electron chi connectivity index (χ0n) is 17.2. The van der Waals surface area contributed by atoms with Crippen LogP contribution in [-0.2, 0) is 21.4 Å². The summed E-state index contributed by atoms with van der Waals surface area (Å²) >= 11 is 0. The molecule has 0 bridgehead atoms. The van der Waals surface area contributed by atoms with Crippen molar-refractivity contribution in [3.63, 3.8) is 0 Å². The molecule has 1 spiro atoms. The van der Waals surface area contributed by atoms with Gasteiger partial charge in [0.05, 0.1) is 17.7 Å². The highest BCUT2D eigenvalue weighted by molar-refractivity contribution is 7.89. The fourth-order valence-electron chi connectivity index (χ4n) is 4.11. The summed E-state index contributed by atoms with van der Waals surface area (Å²) in [5.74, 6) is -1.77. The minimum Gasteiger partial charge on any atom is -0.475 e. The van der Waals surface area contributed by atoms with Crippen LogP contribution >= 0.6 is 0 Å². The van der Waals surface area contributed by atoms with Gasteiger partial charge in [-0.1, -0.05) is 18.2 Å². The Kier molecular flexibility index (Phi) is 7.31. The van der Waals surface area contributed by atoms with Gasteiger partial charge in [-0.3, -0.25) is 4.90 Å². The second kappa shape index (κ2) is 9.63. The molecule has 1 aliphatic carbocycles. The maximum absolute atomic E-state index is 12.6. The van der Waals surface area contributed by atoms with Crippen LogP contribution in [0.4, 0.5) is 13.2 Å². The van der Waals surface area contributed by atoms with E-state index in [2.05, 4.69) is 9.62 Å². The Hall–Kier alpha value is -2.37. The number of halogens is 3. The van der Waals surface area contributed by atoms with Crippen molar-refractivity contribution in [2.75, 3.05) is 13.1 Å². The summed E-state index contributed by atoms with van der Waals surface area (Å²) in [7, 11) is -3.43. The standard InChI is InChI=1S/C19H24N2O3S.C2HF3O2/c22-25(23,17-6-2-1-3-7-17)20-18-8-9-19(18)10-12-21(13-11-19)15-16-5-4-14-24-16;3-2(4,5)1(6)7/h1-7,14,18,20H,8-13,15H2;(H,6,7). The number of alkyl halides is 3. The van der Waals surface area contributed by atoms with Crippen LogP contribution in [0.2, 0.25) is 0 Å². The fourth-order valence-corrected chi connectivity index (χ4v) is 5.51. The molecule has 1 aliphatic heterocycles. The first kappa shape index (κ1) is 24.3. The number of hydrogen-bond acceptors (Lipinski definition) is 5. The molecule has 1 saturated carbocycles. The number of nitrogens with zero attached hydrogens (tertiary/aromatic N) is 1. The zero-order chi connectivity index (χ0) is 23.4. The van der Waals surface area contributed by atoms with E-state index in [-0.39, 0.29) is 11.5 Å². The lowest BCUT2D eigenvalue weighted by Gasteiger charge is -2.53. The van der Waals surface area contributed by atoms with Crippen molar-refractivity contribution in [2.45, 2.75) is 49.3 Å². The smallest absolute Gasteiger partial charge is 0.475 e. The van der Waals surface area contributed by atoms with Crippen molar-refractivity contribution in [1.29, 1.82) is 0 Å². The molecule has 1 saturated heterocycles. The zero-order valence-corrected chi connectivity index (χ0v) is 18.0. The van der Waals surface area contributed by atoms with Crippen LogP contribution < -0.4 is 4.72 Å².